The van der Waals surface area contributed by atoms with Crippen LogP contribution in [0.4, 0.5) is 4.39 Å². The Morgan fingerprint density at radius 2 is 1.89 bits per heavy atom. The number of aliphatic hydroxyl groups is 1. The van der Waals surface area contributed by atoms with Gasteiger partial charge in [-0.15, -0.1) is 0 Å². The van der Waals surface area contributed by atoms with Crippen molar-refractivity contribution in [2.24, 2.45) is 5.92 Å². The average Bonchev–Trinajstić information content (AvgIpc) is 3.52. The highest BCUT2D eigenvalue weighted by Gasteiger charge is 2.39. The highest BCUT2D eigenvalue weighted by atomic mass is 19.1. The number of aliphatic hydroxyl groups excluding tert-OH is 1. The summed E-state index contributed by atoms with van der Waals surface area (Å²) in [5, 5.41) is 12.9. The molecule has 1 fully saturated rings. The Morgan fingerprint density at radius 3 is 2.50 bits per heavy atom. The molecule has 36 heavy (non-hydrogen) atoms. The summed E-state index contributed by atoms with van der Waals surface area (Å²) in [4.78, 5) is 32.8. The highest BCUT2D eigenvalue weighted by Crippen LogP contribution is 2.28. The molecule has 2 N–H and O–H groups in total. The van der Waals surface area contributed by atoms with Gasteiger partial charge in [-0.25, -0.2) is 9.37 Å². The molecule has 3 aromatic rings. The summed E-state index contributed by atoms with van der Waals surface area (Å²) in [5.74, 6) is -0.681. The number of benzene rings is 2. The summed E-state index contributed by atoms with van der Waals surface area (Å²) in [6, 6.07) is 11.9. The molecule has 1 aliphatic heterocycles. The van der Waals surface area contributed by atoms with Gasteiger partial charge in [0.25, 0.3) is 0 Å². The van der Waals surface area contributed by atoms with E-state index in [0.717, 1.165) is 12.1 Å². The fourth-order valence-corrected chi connectivity index (χ4v) is 4.91. The van der Waals surface area contributed by atoms with E-state index in [2.05, 4.69) is 10.3 Å². The first-order chi connectivity index (χ1) is 17.3. The number of likely N-dealkylation sites (tertiary alicyclic amines) is 1. The Kier molecular flexibility index (Phi) is 7.84. The highest BCUT2D eigenvalue weighted by molar-refractivity contribution is 5.90. The van der Waals surface area contributed by atoms with E-state index < -0.39 is 18.1 Å². The number of amides is 2. The van der Waals surface area contributed by atoms with Gasteiger partial charge in [-0.3, -0.25) is 9.59 Å². The molecule has 2 aromatic carbocycles. The van der Waals surface area contributed by atoms with Gasteiger partial charge in [0.2, 0.25) is 11.8 Å². The summed E-state index contributed by atoms with van der Waals surface area (Å²) in [5.41, 5.74) is 2.73. The molecule has 0 radical (unpaired) electrons. The number of aromatic nitrogens is 2. The Labute approximate surface area is 211 Å². The smallest absolute Gasteiger partial charge is 0.246 e. The molecule has 0 spiro atoms. The van der Waals surface area contributed by atoms with Crippen LogP contribution < -0.4 is 5.32 Å². The quantitative estimate of drug-likeness (QED) is 0.497. The molecule has 1 aromatic heterocycles. The van der Waals surface area contributed by atoms with Crippen LogP contribution in [-0.2, 0) is 9.59 Å². The molecule has 0 unspecified atom stereocenters. The Balaban J connectivity index is 1.48. The van der Waals surface area contributed by atoms with Crippen LogP contribution in [0, 0.1) is 18.7 Å². The number of hydrogen-bond donors (Lipinski definition) is 2. The molecule has 4 rings (SSSR count). The normalized spacial score (nSPS) is 17.3. The monoisotopic (exact) mass is 492 g/mol. The number of hydrogen-bond acceptors (Lipinski definition) is 4. The molecule has 1 aliphatic rings. The lowest BCUT2D eigenvalue weighted by molar-refractivity contribution is -0.142. The first kappa shape index (κ1) is 25.6. The molecule has 2 amide bonds. The summed E-state index contributed by atoms with van der Waals surface area (Å²) in [7, 11) is 0. The van der Waals surface area contributed by atoms with Crippen molar-refractivity contribution in [3.63, 3.8) is 0 Å². The van der Waals surface area contributed by atoms with Crippen LogP contribution in [0.25, 0.3) is 11.1 Å². The molecule has 3 atom stereocenters. The third kappa shape index (κ3) is 5.33. The van der Waals surface area contributed by atoms with Gasteiger partial charge in [0.15, 0.2) is 0 Å². The topological polar surface area (TPSA) is 87.5 Å². The van der Waals surface area contributed by atoms with Crippen LogP contribution in [0.5, 0.6) is 0 Å². The average molecular weight is 493 g/mol. The van der Waals surface area contributed by atoms with Crippen molar-refractivity contribution in [1.29, 1.82) is 0 Å². The first-order valence-electron chi connectivity index (χ1n) is 12.4. The van der Waals surface area contributed by atoms with Crippen LogP contribution in [-0.4, -0.2) is 50.6 Å². The molecule has 7 nitrogen and oxygen atoms in total. The van der Waals surface area contributed by atoms with Crippen molar-refractivity contribution in [3.05, 3.63) is 78.1 Å². The van der Waals surface area contributed by atoms with Gasteiger partial charge >= 0.3 is 0 Å². The molecule has 0 saturated carbocycles. The van der Waals surface area contributed by atoms with Crippen molar-refractivity contribution in [2.75, 3.05) is 13.2 Å². The Bertz CT molecular complexity index is 1210. The molecular weight excluding hydrogens is 459 g/mol. The number of carbonyl (C=O) groups excluding carboxylic acids is 2. The minimum Gasteiger partial charge on any atom is -0.394 e. The fourth-order valence-electron chi connectivity index (χ4n) is 4.91. The third-order valence-corrected chi connectivity index (χ3v) is 6.77. The number of carbonyl (C=O) groups is 2. The molecule has 190 valence electrons. The largest absolute Gasteiger partial charge is 0.394 e. The van der Waals surface area contributed by atoms with Crippen molar-refractivity contribution < 1.29 is 19.1 Å². The van der Waals surface area contributed by atoms with Gasteiger partial charge in [-0.05, 0) is 42.9 Å². The predicted molar refractivity (Wildman–Crippen MR) is 135 cm³/mol. The molecule has 0 bridgehead atoms. The van der Waals surface area contributed by atoms with E-state index >= 15 is 0 Å². The summed E-state index contributed by atoms with van der Waals surface area (Å²) in [6.07, 6.45) is 4.81. The molecule has 8 heteroatoms. The van der Waals surface area contributed by atoms with Gasteiger partial charge in [0, 0.05) is 18.3 Å². The van der Waals surface area contributed by atoms with Gasteiger partial charge in [0.1, 0.15) is 17.9 Å². The predicted octanol–water partition coefficient (Wildman–Crippen LogP) is 4.04. The SMILES string of the molecule is Cc1cn([C@H](C(=O)N2CCC[C@H]2C(=O)N[C@@H](CO)c2ccc(-c3ccccc3F)cc2)C(C)C)cn1. The minimum atomic E-state index is -0.637. The fraction of sp³-hybridized carbons (Fsp3) is 0.393. The summed E-state index contributed by atoms with van der Waals surface area (Å²) < 4.78 is 16.0. The van der Waals surface area contributed by atoms with E-state index in [0.29, 0.717) is 29.7 Å². The zero-order valence-corrected chi connectivity index (χ0v) is 20.9. The first-order valence-corrected chi connectivity index (χ1v) is 12.4. The maximum Gasteiger partial charge on any atom is 0.246 e. The molecular formula is C28H33FN4O3. The van der Waals surface area contributed by atoms with Gasteiger partial charge in [-0.1, -0.05) is 56.3 Å². The number of imidazole rings is 1. The number of nitrogens with one attached hydrogen (secondary N) is 1. The minimum absolute atomic E-state index is 0.0218. The maximum atomic E-state index is 14.1. The lowest BCUT2D eigenvalue weighted by Crippen LogP contribution is -2.49. The lowest BCUT2D eigenvalue weighted by atomic mass is 10.00. The van der Waals surface area contributed by atoms with Crippen LogP contribution in [0.15, 0.2) is 61.1 Å². The van der Waals surface area contributed by atoms with Gasteiger partial charge in [-0.2, -0.15) is 0 Å². The van der Waals surface area contributed by atoms with Crippen LogP contribution in [0.1, 0.15) is 50.0 Å². The second-order valence-corrected chi connectivity index (χ2v) is 9.69. The van der Waals surface area contributed by atoms with Crippen molar-refractivity contribution >= 4 is 11.8 Å². The van der Waals surface area contributed by atoms with Crippen molar-refractivity contribution in [2.45, 2.75) is 51.7 Å². The van der Waals surface area contributed by atoms with Crippen LogP contribution in [0.3, 0.4) is 0 Å². The zero-order valence-electron chi connectivity index (χ0n) is 20.9. The van der Waals surface area contributed by atoms with Gasteiger partial charge in [0.05, 0.1) is 24.7 Å². The zero-order chi connectivity index (χ0) is 25.8. The molecule has 2 heterocycles. The maximum absolute atomic E-state index is 14.1. The van der Waals surface area contributed by atoms with Crippen molar-refractivity contribution in [3.8, 4) is 11.1 Å². The molecule has 1 saturated heterocycles. The Hall–Kier alpha value is -3.52. The van der Waals surface area contributed by atoms with E-state index in [1.54, 1.807) is 53.7 Å². The number of halogens is 1. The number of rotatable bonds is 8. The van der Waals surface area contributed by atoms with E-state index in [-0.39, 0.29) is 30.2 Å². The summed E-state index contributed by atoms with van der Waals surface area (Å²) in [6.45, 7) is 6.05. The lowest BCUT2D eigenvalue weighted by Gasteiger charge is -2.31. The third-order valence-electron chi connectivity index (χ3n) is 6.77. The number of aryl methyl sites for hydroxylation is 1. The van der Waals surface area contributed by atoms with Crippen LogP contribution >= 0.6 is 0 Å². The van der Waals surface area contributed by atoms with E-state index in [4.69, 9.17) is 0 Å². The number of nitrogens with zero attached hydrogens (tertiary/aromatic N) is 3. The van der Waals surface area contributed by atoms with E-state index in [1.165, 1.54) is 6.07 Å². The molecule has 0 aliphatic carbocycles. The van der Waals surface area contributed by atoms with Gasteiger partial charge < -0.3 is 19.9 Å². The second-order valence-electron chi connectivity index (χ2n) is 9.69. The van der Waals surface area contributed by atoms with Crippen LogP contribution in [0.2, 0.25) is 0 Å². The Morgan fingerprint density at radius 1 is 1.17 bits per heavy atom. The van der Waals surface area contributed by atoms with E-state index in [1.807, 2.05) is 31.5 Å². The standard InChI is InChI=1S/C28H33FN4O3/c1-18(2)26(32-15-19(3)30-17-32)28(36)33-14-6-9-25(33)27(35)31-24(16-34)21-12-10-20(11-13-21)22-7-4-5-8-23(22)29/h4-5,7-8,10-13,15,17-18,24-26,34H,6,9,14,16H2,1-3H3,(H,31,35)/t24-,25-,26-/m0/s1. The van der Waals surface area contributed by atoms with E-state index in [9.17, 15) is 19.1 Å². The summed E-state index contributed by atoms with van der Waals surface area (Å²) >= 11 is 0. The second kappa shape index (κ2) is 11.0. The van der Waals surface area contributed by atoms with Crippen molar-refractivity contribution in [1.82, 2.24) is 19.8 Å².